The maximum absolute atomic E-state index is 12.6. The molecule has 1 aliphatic heterocycles. The Morgan fingerprint density at radius 3 is 2.52 bits per heavy atom. The Kier molecular flexibility index (Phi) is 8.11. The van der Waals surface area contributed by atoms with Crippen LogP contribution in [0.5, 0.6) is 0 Å². The van der Waals surface area contributed by atoms with E-state index in [0.717, 1.165) is 18.7 Å². The third kappa shape index (κ3) is 5.23. The maximum atomic E-state index is 12.6. The molecule has 1 heterocycles. The van der Waals surface area contributed by atoms with E-state index >= 15 is 0 Å². The lowest BCUT2D eigenvalue weighted by Crippen LogP contribution is -2.44. The van der Waals surface area contributed by atoms with E-state index < -0.39 is 0 Å². The van der Waals surface area contributed by atoms with Crippen molar-refractivity contribution in [3.63, 3.8) is 0 Å². The number of benzene rings is 2. The smallest absolute Gasteiger partial charge is 0.237 e. The second kappa shape index (κ2) is 10.1. The van der Waals surface area contributed by atoms with Crippen LogP contribution < -0.4 is 11.1 Å². The summed E-state index contributed by atoms with van der Waals surface area (Å²) in [5, 5.41) is 3.68. The monoisotopic (exact) mass is 407 g/mol. The molecule has 1 aliphatic rings. The number of hydrogen-bond acceptors (Lipinski definition) is 3. The van der Waals surface area contributed by atoms with Crippen LogP contribution in [0, 0.1) is 5.92 Å². The SMILES string of the molecule is CC(C(=O)NCc1ccccc1Cl)N1C[C@@H](CN)[C@H](c2ccccc2)C1.Cl. The van der Waals surface area contributed by atoms with Crippen LogP contribution in [-0.2, 0) is 11.3 Å². The zero-order chi connectivity index (χ0) is 18.5. The minimum Gasteiger partial charge on any atom is -0.351 e. The van der Waals surface area contributed by atoms with Gasteiger partial charge in [0.2, 0.25) is 5.91 Å². The molecule has 3 rings (SSSR count). The van der Waals surface area contributed by atoms with Crippen LogP contribution in [-0.4, -0.2) is 36.5 Å². The van der Waals surface area contributed by atoms with Gasteiger partial charge < -0.3 is 11.1 Å². The molecular weight excluding hydrogens is 381 g/mol. The Morgan fingerprint density at radius 2 is 1.85 bits per heavy atom. The van der Waals surface area contributed by atoms with Crippen LogP contribution >= 0.6 is 24.0 Å². The number of amides is 1. The van der Waals surface area contributed by atoms with Gasteiger partial charge in [-0.3, -0.25) is 9.69 Å². The molecule has 2 aromatic carbocycles. The molecule has 146 valence electrons. The van der Waals surface area contributed by atoms with Gasteiger partial charge in [0, 0.05) is 30.6 Å². The van der Waals surface area contributed by atoms with Gasteiger partial charge in [0.25, 0.3) is 0 Å². The predicted octanol–water partition coefficient (Wildman–Crippen LogP) is 3.44. The first-order chi connectivity index (χ1) is 12.6. The number of nitrogens with two attached hydrogens (primary N) is 1. The molecule has 4 nitrogen and oxygen atoms in total. The highest BCUT2D eigenvalue weighted by Gasteiger charge is 2.36. The minimum absolute atomic E-state index is 0. The summed E-state index contributed by atoms with van der Waals surface area (Å²) in [6, 6.07) is 17.8. The van der Waals surface area contributed by atoms with Gasteiger partial charge in [0.1, 0.15) is 0 Å². The summed E-state index contributed by atoms with van der Waals surface area (Å²) in [7, 11) is 0. The van der Waals surface area contributed by atoms with Crippen molar-refractivity contribution in [3.05, 3.63) is 70.7 Å². The Morgan fingerprint density at radius 1 is 1.19 bits per heavy atom. The summed E-state index contributed by atoms with van der Waals surface area (Å²) in [6.07, 6.45) is 0. The Labute approximate surface area is 172 Å². The summed E-state index contributed by atoms with van der Waals surface area (Å²) >= 11 is 6.16. The van der Waals surface area contributed by atoms with Crippen molar-refractivity contribution in [3.8, 4) is 0 Å². The molecule has 1 fully saturated rings. The summed E-state index contributed by atoms with van der Waals surface area (Å²) < 4.78 is 0. The van der Waals surface area contributed by atoms with E-state index in [0.29, 0.717) is 29.9 Å². The van der Waals surface area contributed by atoms with Crippen molar-refractivity contribution in [2.45, 2.75) is 25.4 Å². The molecular formula is C21H27Cl2N3O. The molecule has 3 N–H and O–H groups in total. The number of nitrogens with zero attached hydrogens (tertiary/aromatic N) is 1. The first-order valence-corrected chi connectivity index (χ1v) is 9.48. The lowest BCUT2D eigenvalue weighted by Gasteiger charge is -2.23. The van der Waals surface area contributed by atoms with E-state index in [2.05, 4.69) is 34.5 Å². The Bertz CT molecular complexity index is 741. The van der Waals surface area contributed by atoms with Crippen LogP contribution in [0.2, 0.25) is 5.02 Å². The van der Waals surface area contributed by atoms with Gasteiger partial charge in [-0.1, -0.05) is 60.1 Å². The summed E-state index contributed by atoms with van der Waals surface area (Å²) in [5.74, 6) is 0.769. The normalized spacial score (nSPS) is 20.7. The highest BCUT2D eigenvalue weighted by Crippen LogP contribution is 2.33. The Balaban J connectivity index is 0.00000261. The molecule has 0 saturated carbocycles. The second-order valence-corrected chi connectivity index (χ2v) is 7.36. The van der Waals surface area contributed by atoms with Crippen molar-refractivity contribution < 1.29 is 4.79 Å². The Hall–Kier alpha value is -1.59. The van der Waals surface area contributed by atoms with Crippen molar-refractivity contribution in [1.82, 2.24) is 10.2 Å². The topological polar surface area (TPSA) is 58.4 Å². The third-order valence-corrected chi connectivity index (χ3v) is 5.71. The van der Waals surface area contributed by atoms with Crippen LogP contribution in [0.1, 0.15) is 24.0 Å². The van der Waals surface area contributed by atoms with Gasteiger partial charge in [0.15, 0.2) is 0 Å². The number of carbonyl (C=O) groups excluding carboxylic acids is 1. The van der Waals surface area contributed by atoms with E-state index in [1.807, 2.05) is 37.3 Å². The molecule has 1 amide bonds. The summed E-state index contributed by atoms with van der Waals surface area (Å²) in [6.45, 7) is 4.73. The molecule has 0 radical (unpaired) electrons. The minimum atomic E-state index is -0.194. The molecule has 6 heteroatoms. The van der Waals surface area contributed by atoms with Crippen molar-refractivity contribution in [2.24, 2.45) is 11.7 Å². The van der Waals surface area contributed by atoms with Crippen LogP contribution in [0.25, 0.3) is 0 Å². The quantitative estimate of drug-likeness (QED) is 0.770. The molecule has 27 heavy (non-hydrogen) atoms. The summed E-state index contributed by atoms with van der Waals surface area (Å²) in [4.78, 5) is 14.9. The first-order valence-electron chi connectivity index (χ1n) is 9.10. The highest BCUT2D eigenvalue weighted by atomic mass is 35.5. The lowest BCUT2D eigenvalue weighted by molar-refractivity contribution is -0.125. The van der Waals surface area contributed by atoms with Crippen LogP contribution in [0.4, 0.5) is 0 Å². The van der Waals surface area contributed by atoms with E-state index in [4.69, 9.17) is 17.3 Å². The summed E-state index contributed by atoms with van der Waals surface area (Å²) in [5.41, 5.74) is 8.24. The number of nitrogens with one attached hydrogen (secondary N) is 1. The molecule has 0 aliphatic carbocycles. The van der Waals surface area contributed by atoms with Gasteiger partial charge in [-0.2, -0.15) is 0 Å². The van der Waals surface area contributed by atoms with E-state index in [-0.39, 0.29) is 24.4 Å². The highest BCUT2D eigenvalue weighted by molar-refractivity contribution is 6.31. The lowest BCUT2D eigenvalue weighted by atomic mass is 9.89. The van der Waals surface area contributed by atoms with Crippen molar-refractivity contribution in [1.29, 1.82) is 0 Å². The molecule has 0 spiro atoms. The van der Waals surface area contributed by atoms with E-state index in [9.17, 15) is 4.79 Å². The van der Waals surface area contributed by atoms with Gasteiger partial charge in [0.05, 0.1) is 6.04 Å². The fraction of sp³-hybridized carbons (Fsp3) is 0.381. The zero-order valence-corrected chi connectivity index (χ0v) is 17.0. The standard InChI is InChI=1S/C21H26ClN3O.ClH/c1-15(21(26)24-12-17-9-5-6-10-20(17)22)25-13-18(11-23)19(14-25)16-7-3-2-4-8-16;/h2-10,15,18-19H,11-14,23H2,1H3,(H,24,26);1H/t15?,18-,19+;/m1./s1. The fourth-order valence-corrected chi connectivity index (χ4v) is 3.88. The molecule has 0 aromatic heterocycles. The number of carbonyl (C=O) groups is 1. The number of likely N-dealkylation sites (tertiary alicyclic amines) is 1. The van der Waals surface area contributed by atoms with E-state index in [1.165, 1.54) is 5.56 Å². The zero-order valence-electron chi connectivity index (χ0n) is 15.5. The van der Waals surface area contributed by atoms with Gasteiger partial charge in [-0.25, -0.2) is 0 Å². The molecule has 3 atom stereocenters. The number of halogens is 2. The van der Waals surface area contributed by atoms with Gasteiger partial charge in [-0.15, -0.1) is 12.4 Å². The number of rotatable bonds is 6. The largest absolute Gasteiger partial charge is 0.351 e. The van der Waals surface area contributed by atoms with Crippen LogP contribution in [0.3, 0.4) is 0 Å². The molecule has 1 unspecified atom stereocenters. The van der Waals surface area contributed by atoms with E-state index in [1.54, 1.807) is 0 Å². The fourth-order valence-electron chi connectivity index (χ4n) is 3.68. The van der Waals surface area contributed by atoms with Crippen molar-refractivity contribution >= 4 is 29.9 Å². The second-order valence-electron chi connectivity index (χ2n) is 6.95. The number of hydrogen-bond donors (Lipinski definition) is 2. The van der Waals surface area contributed by atoms with Crippen molar-refractivity contribution in [2.75, 3.05) is 19.6 Å². The first kappa shape index (κ1) is 21.7. The molecule has 0 bridgehead atoms. The van der Waals surface area contributed by atoms with Crippen LogP contribution in [0.15, 0.2) is 54.6 Å². The molecule has 2 aromatic rings. The predicted molar refractivity (Wildman–Crippen MR) is 113 cm³/mol. The third-order valence-electron chi connectivity index (χ3n) is 5.34. The average Bonchev–Trinajstić information content (AvgIpc) is 3.11. The van der Waals surface area contributed by atoms with Gasteiger partial charge >= 0.3 is 0 Å². The molecule has 1 saturated heterocycles. The maximum Gasteiger partial charge on any atom is 0.237 e. The van der Waals surface area contributed by atoms with Gasteiger partial charge in [-0.05, 0) is 36.6 Å². The average molecular weight is 408 g/mol.